The van der Waals surface area contributed by atoms with E-state index >= 15 is 0 Å². The van der Waals surface area contributed by atoms with Gasteiger partial charge in [0.05, 0.1) is 6.07 Å². The third-order valence-electron chi connectivity index (χ3n) is 2.54. The summed E-state index contributed by atoms with van der Waals surface area (Å²) in [6.07, 6.45) is 2.37. The third-order valence-corrected chi connectivity index (χ3v) is 2.54. The minimum Gasteiger partial charge on any atom is -0.308 e. The Morgan fingerprint density at radius 2 is 2.28 bits per heavy atom. The van der Waals surface area contributed by atoms with Gasteiger partial charge in [-0.2, -0.15) is 5.26 Å². The molecule has 0 atom stereocenters. The number of nitrogens with two attached hydrogens (primary N) is 1. The molecule has 0 aliphatic carbocycles. The number of nitrogens with one attached hydrogen (secondary N) is 1. The van der Waals surface area contributed by atoms with E-state index in [1.165, 1.54) is 0 Å². The molecule has 0 aromatic carbocycles. The van der Waals surface area contributed by atoms with Crippen LogP contribution in [0.3, 0.4) is 0 Å². The van der Waals surface area contributed by atoms with Gasteiger partial charge in [-0.15, -0.1) is 0 Å². The Balaban J connectivity index is 2.60. The molecule has 0 aliphatic heterocycles. The molecule has 5 nitrogen and oxygen atoms in total. The highest BCUT2D eigenvalue weighted by atomic mass is 15.2. The highest BCUT2D eigenvalue weighted by Gasteiger charge is 2.08. The van der Waals surface area contributed by atoms with Gasteiger partial charge in [0.1, 0.15) is 5.82 Å². The Labute approximate surface area is 109 Å². The van der Waals surface area contributed by atoms with Crippen molar-refractivity contribution in [2.75, 3.05) is 18.5 Å². The molecule has 0 aliphatic rings. The third kappa shape index (κ3) is 5.13. The summed E-state index contributed by atoms with van der Waals surface area (Å²) in [4.78, 5) is 6.46. The fraction of sp³-hybridized carbons (Fsp3) is 0.538. The van der Waals surface area contributed by atoms with Gasteiger partial charge in [0.2, 0.25) is 0 Å². The van der Waals surface area contributed by atoms with Crippen LogP contribution in [0.5, 0.6) is 0 Å². The van der Waals surface area contributed by atoms with Crippen LogP contribution in [-0.4, -0.2) is 23.0 Å². The van der Waals surface area contributed by atoms with Gasteiger partial charge in [-0.3, -0.25) is 4.90 Å². The van der Waals surface area contributed by atoms with Crippen molar-refractivity contribution in [1.29, 1.82) is 5.26 Å². The van der Waals surface area contributed by atoms with E-state index in [-0.39, 0.29) is 0 Å². The van der Waals surface area contributed by atoms with Gasteiger partial charge in [0.15, 0.2) is 0 Å². The summed E-state index contributed by atoms with van der Waals surface area (Å²) in [5.74, 6) is 6.52. The quantitative estimate of drug-likeness (QED) is 0.567. The average molecular weight is 247 g/mol. The molecule has 3 N–H and O–H groups in total. The lowest BCUT2D eigenvalue weighted by Crippen LogP contribution is -2.28. The highest BCUT2D eigenvalue weighted by molar-refractivity contribution is 5.33. The molecule has 0 bridgehead atoms. The zero-order valence-electron chi connectivity index (χ0n) is 11.1. The van der Waals surface area contributed by atoms with E-state index in [4.69, 9.17) is 11.1 Å². The zero-order valence-corrected chi connectivity index (χ0v) is 11.1. The molecule has 98 valence electrons. The first-order chi connectivity index (χ1) is 8.65. The maximum Gasteiger partial charge on any atom is 0.139 e. The predicted octanol–water partition coefficient (Wildman–Crippen LogP) is 1.74. The second kappa shape index (κ2) is 7.64. The van der Waals surface area contributed by atoms with Crippen LogP contribution in [0.15, 0.2) is 18.3 Å². The summed E-state index contributed by atoms with van der Waals surface area (Å²) in [7, 11) is 0. The molecule has 0 fully saturated rings. The molecule has 18 heavy (non-hydrogen) atoms. The largest absolute Gasteiger partial charge is 0.308 e. The predicted molar refractivity (Wildman–Crippen MR) is 72.4 cm³/mol. The Bertz CT molecular complexity index is 379. The molecule has 1 aromatic heterocycles. The maximum absolute atomic E-state index is 8.67. The van der Waals surface area contributed by atoms with Gasteiger partial charge < -0.3 is 5.43 Å². The highest BCUT2D eigenvalue weighted by Crippen LogP contribution is 2.09. The van der Waals surface area contributed by atoms with Crippen LogP contribution in [0.2, 0.25) is 0 Å². The van der Waals surface area contributed by atoms with Crippen molar-refractivity contribution in [3.05, 3.63) is 23.9 Å². The van der Waals surface area contributed by atoms with Crippen LogP contribution in [0, 0.1) is 17.2 Å². The lowest BCUT2D eigenvalue weighted by Gasteiger charge is -2.23. The van der Waals surface area contributed by atoms with Gasteiger partial charge in [-0.1, -0.05) is 19.9 Å². The maximum atomic E-state index is 8.67. The molecule has 0 radical (unpaired) electrons. The van der Waals surface area contributed by atoms with Crippen molar-refractivity contribution in [3.8, 4) is 6.07 Å². The number of anilines is 1. The fourth-order valence-corrected chi connectivity index (χ4v) is 1.82. The summed E-state index contributed by atoms with van der Waals surface area (Å²) in [5.41, 5.74) is 3.64. The Morgan fingerprint density at radius 3 is 2.78 bits per heavy atom. The van der Waals surface area contributed by atoms with E-state index in [1.807, 2.05) is 18.3 Å². The zero-order chi connectivity index (χ0) is 13.4. The van der Waals surface area contributed by atoms with Crippen molar-refractivity contribution >= 4 is 5.82 Å². The monoisotopic (exact) mass is 247 g/mol. The number of nitriles is 1. The first-order valence-electron chi connectivity index (χ1n) is 6.16. The van der Waals surface area contributed by atoms with Crippen molar-refractivity contribution in [2.45, 2.75) is 26.8 Å². The molecule has 5 heteroatoms. The van der Waals surface area contributed by atoms with E-state index in [0.717, 1.165) is 25.2 Å². The molecular formula is C13H21N5. The molecule has 1 heterocycles. The first-order valence-corrected chi connectivity index (χ1v) is 6.16. The Morgan fingerprint density at radius 1 is 1.50 bits per heavy atom. The fourth-order valence-electron chi connectivity index (χ4n) is 1.82. The van der Waals surface area contributed by atoms with Crippen molar-refractivity contribution in [1.82, 2.24) is 9.88 Å². The van der Waals surface area contributed by atoms with E-state index < -0.39 is 0 Å². The summed E-state index contributed by atoms with van der Waals surface area (Å²) in [6, 6.07) is 6.05. The lowest BCUT2D eigenvalue weighted by atomic mass is 10.2. The van der Waals surface area contributed by atoms with Gasteiger partial charge in [-0.25, -0.2) is 10.8 Å². The molecule has 1 aromatic rings. The van der Waals surface area contributed by atoms with Gasteiger partial charge in [-0.05, 0) is 17.5 Å². The summed E-state index contributed by atoms with van der Waals surface area (Å²) < 4.78 is 0. The topological polar surface area (TPSA) is 78.0 Å². The molecule has 0 spiro atoms. The van der Waals surface area contributed by atoms with Crippen molar-refractivity contribution < 1.29 is 0 Å². The second-order valence-electron chi connectivity index (χ2n) is 4.73. The van der Waals surface area contributed by atoms with Crippen LogP contribution in [0.25, 0.3) is 0 Å². The number of nitrogens with zero attached hydrogens (tertiary/aromatic N) is 3. The smallest absolute Gasteiger partial charge is 0.139 e. The Hall–Kier alpha value is -1.64. The molecule has 0 saturated heterocycles. The molecule has 0 unspecified atom stereocenters. The van der Waals surface area contributed by atoms with Crippen molar-refractivity contribution in [2.24, 2.45) is 11.8 Å². The normalized spacial score (nSPS) is 10.7. The second-order valence-corrected chi connectivity index (χ2v) is 4.73. The minimum atomic E-state index is 0.558. The first kappa shape index (κ1) is 14.4. The SMILES string of the molecule is CC(C)CN(CCC#N)Cc1ccc(NN)nc1. The van der Waals surface area contributed by atoms with Gasteiger partial charge in [0, 0.05) is 32.3 Å². The van der Waals surface area contributed by atoms with Crippen LogP contribution in [0.4, 0.5) is 5.82 Å². The van der Waals surface area contributed by atoms with Crippen molar-refractivity contribution in [3.63, 3.8) is 0 Å². The van der Waals surface area contributed by atoms with Crippen LogP contribution < -0.4 is 11.3 Å². The van der Waals surface area contributed by atoms with Crippen LogP contribution in [0.1, 0.15) is 25.8 Å². The van der Waals surface area contributed by atoms with E-state index in [0.29, 0.717) is 18.2 Å². The molecule has 0 saturated carbocycles. The number of rotatable bonds is 7. The summed E-state index contributed by atoms with van der Waals surface area (Å²) in [5, 5.41) is 8.67. The lowest BCUT2D eigenvalue weighted by molar-refractivity contribution is 0.241. The molecular weight excluding hydrogens is 226 g/mol. The van der Waals surface area contributed by atoms with Gasteiger partial charge >= 0.3 is 0 Å². The Kier molecular flexibility index (Phi) is 6.12. The standard InChI is InChI=1S/C13H21N5/c1-11(2)9-18(7-3-6-14)10-12-4-5-13(17-15)16-8-12/h4-5,8,11H,3,7,9-10,15H2,1-2H3,(H,16,17). The van der Waals surface area contributed by atoms with E-state index in [1.54, 1.807) is 0 Å². The number of hydrogen-bond acceptors (Lipinski definition) is 5. The molecule has 0 amide bonds. The number of pyridine rings is 1. The van der Waals surface area contributed by atoms with E-state index in [9.17, 15) is 0 Å². The number of aromatic nitrogens is 1. The van der Waals surface area contributed by atoms with Crippen LogP contribution >= 0.6 is 0 Å². The summed E-state index contributed by atoms with van der Waals surface area (Å²) in [6.45, 7) is 6.96. The number of hydrazine groups is 1. The minimum absolute atomic E-state index is 0.558. The summed E-state index contributed by atoms with van der Waals surface area (Å²) >= 11 is 0. The number of hydrogen-bond donors (Lipinski definition) is 2. The number of nitrogen functional groups attached to an aromatic ring is 1. The molecule has 1 rings (SSSR count). The average Bonchev–Trinajstić information content (AvgIpc) is 2.36. The van der Waals surface area contributed by atoms with Gasteiger partial charge in [0.25, 0.3) is 0 Å². The van der Waals surface area contributed by atoms with E-state index in [2.05, 4.69) is 35.2 Å². The van der Waals surface area contributed by atoms with Crippen LogP contribution in [-0.2, 0) is 6.54 Å².